The van der Waals surface area contributed by atoms with Gasteiger partial charge in [-0.15, -0.1) is 0 Å². The summed E-state index contributed by atoms with van der Waals surface area (Å²) < 4.78 is 17.2. The molecule has 1 aromatic heterocycles. The molecule has 0 radical (unpaired) electrons. The highest BCUT2D eigenvalue weighted by atomic mass is 35.5. The fraction of sp³-hybridized carbons (Fsp3) is 0.211. The van der Waals surface area contributed by atoms with Crippen LogP contribution in [0.4, 0.5) is 0 Å². The third-order valence-corrected chi connectivity index (χ3v) is 5.10. The van der Waals surface area contributed by atoms with E-state index in [-0.39, 0.29) is 11.8 Å². The number of hydrogen-bond acceptors (Lipinski definition) is 4. The molecule has 4 nitrogen and oxygen atoms in total. The van der Waals surface area contributed by atoms with E-state index in [1.165, 1.54) is 0 Å². The van der Waals surface area contributed by atoms with E-state index >= 15 is 0 Å². The highest BCUT2D eigenvalue weighted by Crippen LogP contribution is 2.49. The third kappa shape index (κ3) is 1.89. The Bertz CT molecular complexity index is 1020. The highest BCUT2D eigenvalue weighted by molar-refractivity contribution is 6.30. The van der Waals surface area contributed by atoms with Crippen LogP contribution in [0.15, 0.2) is 51.7 Å². The number of ether oxygens (including phenoxy) is 2. The second-order valence-corrected chi connectivity index (χ2v) is 6.58. The number of halogens is 1. The second-order valence-electron chi connectivity index (χ2n) is 6.15. The molecule has 0 amide bonds. The molecule has 0 N–H and O–H groups in total. The van der Waals surface area contributed by atoms with Crippen molar-refractivity contribution < 1.29 is 13.9 Å². The molecule has 120 valence electrons. The first-order chi connectivity index (χ1) is 11.7. The van der Waals surface area contributed by atoms with Crippen LogP contribution in [-0.4, -0.2) is 13.2 Å². The molecule has 5 rings (SSSR count). The number of benzene rings is 2. The van der Waals surface area contributed by atoms with Crippen LogP contribution in [0, 0.1) is 0 Å². The predicted molar refractivity (Wildman–Crippen MR) is 90.4 cm³/mol. The predicted octanol–water partition coefficient (Wildman–Crippen LogP) is 4.10. The van der Waals surface area contributed by atoms with Crippen LogP contribution in [0.5, 0.6) is 11.5 Å². The Balaban J connectivity index is 1.76. The molecule has 5 heteroatoms. The SMILES string of the molecule is O=c1oc2ccccc2c2c1OC[C@H]1c3cc(Cl)ccc3OC[C@@H]21. The Labute approximate surface area is 142 Å². The zero-order valence-corrected chi connectivity index (χ0v) is 13.4. The quantitative estimate of drug-likeness (QED) is 0.578. The minimum Gasteiger partial charge on any atom is -0.493 e. The van der Waals surface area contributed by atoms with Crippen molar-refractivity contribution in [3.05, 3.63) is 69.0 Å². The van der Waals surface area contributed by atoms with Gasteiger partial charge in [0.05, 0.1) is 13.2 Å². The molecule has 2 aliphatic heterocycles. The summed E-state index contributed by atoms with van der Waals surface area (Å²) in [6, 6.07) is 13.2. The summed E-state index contributed by atoms with van der Waals surface area (Å²) in [5.41, 5.74) is 2.05. The van der Waals surface area contributed by atoms with Gasteiger partial charge in [-0.05, 0) is 24.3 Å². The first-order valence-electron chi connectivity index (χ1n) is 7.83. The third-order valence-electron chi connectivity index (χ3n) is 4.86. The molecular formula is C19H13ClO4. The Hall–Kier alpha value is -2.46. The van der Waals surface area contributed by atoms with Crippen LogP contribution in [0.3, 0.4) is 0 Å². The van der Waals surface area contributed by atoms with Crippen molar-refractivity contribution >= 4 is 22.6 Å². The van der Waals surface area contributed by atoms with Crippen LogP contribution in [-0.2, 0) is 0 Å². The van der Waals surface area contributed by atoms with Gasteiger partial charge in [-0.2, -0.15) is 0 Å². The lowest BCUT2D eigenvalue weighted by molar-refractivity contribution is 0.165. The average Bonchev–Trinajstić information content (AvgIpc) is 2.61. The summed E-state index contributed by atoms with van der Waals surface area (Å²) in [5.74, 6) is 1.28. The molecule has 0 saturated heterocycles. The Morgan fingerprint density at radius 1 is 1.00 bits per heavy atom. The largest absolute Gasteiger partial charge is 0.493 e. The van der Waals surface area contributed by atoms with Crippen molar-refractivity contribution in [3.63, 3.8) is 0 Å². The highest BCUT2D eigenvalue weighted by Gasteiger charge is 2.40. The molecule has 0 saturated carbocycles. The van der Waals surface area contributed by atoms with Gasteiger partial charge in [-0.25, -0.2) is 4.79 Å². The van der Waals surface area contributed by atoms with E-state index in [2.05, 4.69) is 0 Å². The maximum atomic E-state index is 12.3. The van der Waals surface area contributed by atoms with Crippen LogP contribution in [0.25, 0.3) is 11.0 Å². The van der Waals surface area contributed by atoms with Gasteiger partial charge in [0, 0.05) is 33.4 Å². The van der Waals surface area contributed by atoms with Crippen molar-refractivity contribution in [1.29, 1.82) is 0 Å². The van der Waals surface area contributed by atoms with Crippen LogP contribution in [0.1, 0.15) is 23.0 Å². The Morgan fingerprint density at radius 2 is 1.83 bits per heavy atom. The maximum Gasteiger partial charge on any atom is 0.379 e. The van der Waals surface area contributed by atoms with Crippen LogP contribution < -0.4 is 15.1 Å². The fourth-order valence-corrected chi connectivity index (χ4v) is 3.96. The van der Waals surface area contributed by atoms with Gasteiger partial charge < -0.3 is 13.9 Å². The Morgan fingerprint density at radius 3 is 2.75 bits per heavy atom. The summed E-state index contributed by atoms with van der Waals surface area (Å²) in [6.07, 6.45) is 0. The lowest BCUT2D eigenvalue weighted by Gasteiger charge is -2.38. The monoisotopic (exact) mass is 340 g/mol. The topological polar surface area (TPSA) is 48.7 Å². The lowest BCUT2D eigenvalue weighted by Crippen LogP contribution is -2.34. The number of rotatable bonds is 0. The van der Waals surface area contributed by atoms with Gasteiger partial charge in [0.2, 0.25) is 5.75 Å². The molecule has 0 fully saturated rings. The molecular weight excluding hydrogens is 328 g/mol. The molecule has 0 bridgehead atoms. The standard InChI is InChI=1S/C19H13ClO4/c20-10-5-6-15-12(7-10)13-8-23-18-17(14(13)9-22-15)11-3-1-2-4-16(11)24-19(18)21/h1-7,13-14H,8-9H2/t13-,14+/m0/s1. The minimum atomic E-state index is -0.431. The number of hydrogen-bond donors (Lipinski definition) is 0. The van der Waals surface area contributed by atoms with Gasteiger partial charge in [0.1, 0.15) is 11.3 Å². The zero-order valence-electron chi connectivity index (χ0n) is 12.6. The first-order valence-corrected chi connectivity index (χ1v) is 8.21. The Kier molecular flexibility index (Phi) is 2.91. The van der Waals surface area contributed by atoms with E-state index < -0.39 is 5.63 Å². The second kappa shape index (κ2) is 5.02. The van der Waals surface area contributed by atoms with E-state index in [4.69, 9.17) is 25.5 Å². The van der Waals surface area contributed by atoms with E-state index in [1.807, 2.05) is 36.4 Å². The van der Waals surface area contributed by atoms with E-state index in [0.29, 0.717) is 29.6 Å². The van der Waals surface area contributed by atoms with Gasteiger partial charge in [0.15, 0.2) is 0 Å². The zero-order chi connectivity index (χ0) is 16.3. The van der Waals surface area contributed by atoms with Gasteiger partial charge >= 0.3 is 5.63 Å². The number of fused-ring (bicyclic) bond motifs is 7. The first kappa shape index (κ1) is 13.9. The van der Waals surface area contributed by atoms with Crippen LogP contribution >= 0.6 is 11.6 Å². The summed E-state index contributed by atoms with van der Waals surface area (Å²) in [4.78, 5) is 12.3. The van der Waals surface area contributed by atoms with Gasteiger partial charge in [0.25, 0.3) is 0 Å². The molecule has 0 aliphatic carbocycles. The van der Waals surface area contributed by atoms with Crippen molar-refractivity contribution in [3.8, 4) is 11.5 Å². The van der Waals surface area contributed by atoms with Crippen molar-refractivity contribution in [2.45, 2.75) is 11.8 Å². The molecule has 0 spiro atoms. The van der Waals surface area contributed by atoms with E-state index in [9.17, 15) is 4.79 Å². The molecule has 3 aromatic rings. The maximum absolute atomic E-state index is 12.3. The summed E-state index contributed by atoms with van der Waals surface area (Å²) in [5, 5.41) is 1.57. The van der Waals surface area contributed by atoms with Crippen molar-refractivity contribution in [2.75, 3.05) is 13.2 Å². The molecule has 2 aromatic carbocycles. The molecule has 0 unspecified atom stereocenters. The van der Waals surface area contributed by atoms with Crippen LogP contribution in [0.2, 0.25) is 5.02 Å². The number of para-hydroxylation sites is 1. The van der Waals surface area contributed by atoms with E-state index in [0.717, 1.165) is 22.3 Å². The lowest BCUT2D eigenvalue weighted by atomic mass is 9.78. The van der Waals surface area contributed by atoms with Crippen molar-refractivity contribution in [2.24, 2.45) is 0 Å². The summed E-state index contributed by atoms with van der Waals surface area (Å²) >= 11 is 6.17. The fourth-order valence-electron chi connectivity index (χ4n) is 3.78. The average molecular weight is 341 g/mol. The molecule has 2 atom stereocenters. The van der Waals surface area contributed by atoms with Gasteiger partial charge in [-0.3, -0.25) is 0 Å². The normalized spacial score (nSPS) is 21.2. The van der Waals surface area contributed by atoms with E-state index in [1.54, 1.807) is 6.07 Å². The summed E-state index contributed by atoms with van der Waals surface area (Å²) in [6.45, 7) is 0.917. The smallest absolute Gasteiger partial charge is 0.379 e. The molecule has 2 aliphatic rings. The minimum absolute atomic E-state index is 0.0358. The molecule has 24 heavy (non-hydrogen) atoms. The summed E-state index contributed by atoms with van der Waals surface area (Å²) in [7, 11) is 0. The van der Waals surface area contributed by atoms with Gasteiger partial charge in [-0.1, -0.05) is 29.8 Å². The van der Waals surface area contributed by atoms with Crippen molar-refractivity contribution in [1.82, 2.24) is 0 Å². The molecule has 3 heterocycles.